The molecule has 0 radical (unpaired) electrons. The van der Waals surface area contributed by atoms with Crippen molar-refractivity contribution in [3.8, 4) is 11.6 Å². The topological polar surface area (TPSA) is 35.0 Å². The van der Waals surface area contributed by atoms with Gasteiger partial charge in [0.2, 0.25) is 5.88 Å². The highest BCUT2D eigenvalue weighted by Gasteiger charge is 2.07. The maximum atomic E-state index is 6.00. The highest BCUT2D eigenvalue weighted by atomic mass is 79.9. The molecule has 1 aromatic carbocycles. The molecule has 0 N–H and O–H groups in total. The van der Waals surface area contributed by atoms with Gasteiger partial charge in [0, 0.05) is 10.5 Å². The van der Waals surface area contributed by atoms with E-state index in [1.165, 1.54) is 6.07 Å². The van der Waals surface area contributed by atoms with Crippen LogP contribution in [0.1, 0.15) is 5.82 Å². The Balaban J connectivity index is 2.34. The van der Waals surface area contributed by atoms with E-state index in [0.717, 1.165) is 4.47 Å². The fourth-order valence-electron chi connectivity index (χ4n) is 1.23. The quantitative estimate of drug-likeness (QED) is 0.750. The summed E-state index contributed by atoms with van der Waals surface area (Å²) in [5.74, 6) is 1.41. The van der Waals surface area contributed by atoms with E-state index < -0.39 is 0 Å². The summed E-state index contributed by atoms with van der Waals surface area (Å²) in [6, 6.07) is 6.85. The lowest BCUT2D eigenvalue weighted by Crippen LogP contribution is -1.93. The maximum absolute atomic E-state index is 6.00. The monoisotopic (exact) mass is 332 g/mol. The van der Waals surface area contributed by atoms with Gasteiger partial charge in [-0.25, -0.2) is 4.98 Å². The Kier molecular flexibility index (Phi) is 3.86. The van der Waals surface area contributed by atoms with Crippen LogP contribution in [0.3, 0.4) is 0 Å². The number of hydrogen-bond donors (Lipinski definition) is 0. The van der Waals surface area contributed by atoms with Gasteiger partial charge in [0.1, 0.15) is 16.7 Å². The van der Waals surface area contributed by atoms with Gasteiger partial charge >= 0.3 is 0 Å². The fraction of sp³-hybridized carbons (Fsp3) is 0.0909. The molecule has 0 atom stereocenters. The summed E-state index contributed by atoms with van der Waals surface area (Å²) in [5.41, 5.74) is 0. The molecule has 3 nitrogen and oxygen atoms in total. The van der Waals surface area contributed by atoms with Crippen molar-refractivity contribution in [1.29, 1.82) is 0 Å². The van der Waals surface area contributed by atoms with Gasteiger partial charge in [-0.15, -0.1) is 0 Å². The predicted octanol–water partition coefficient (Wildman–Crippen LogP) is 4.65. The first kappa shape index (κ1) is 12.6. The van der Waals surface area contributed by atoms with Gasteiger partial charge in [-0.2, -0.15) is 4.98 Å². The summed E-state index contributed by atoms with van der Waals surface area (Å²) in [5, 5.41) is 0.833. The van der Waals surface area contributed by atoms with Crippen LogP contribution in [0.5, 0.6) is 11.6 Å². The Hall–Kier alpha value is -0.840. The van der Waals surface area contributed by atoms with Crippen LogP contribution in [0.2, 0.25) is 10.2 Å². The normalized spacial score (nSPS) is 10.4. The van der Waals surface area contributed by atoms with E-state index in [1.54, 1.807) is 19.1 Å². The largest absolute Gasteiger partial charge is 0.437 e. The zero-order chi connectivity index (χ0) is 12.4. The van der Waals surface area contributed by atoms with E-state index in [-0.39, 0.29) is 0 Å². The first-order valence-electron chi connectivity index (χ1n) is 4.69. The third-order valence-electron chi connectivity index (χ3n) is 1.89. The number of nitrogens with zero attached hydrogens (tertiary/aromatic N) is 2. The van der Waals surface area contributed by atoms with Gasteiger partial charge in [0.25, 0.3) is 0 Å². The molecular formula is C11H7BrCl2N2O. The van der Waals surface area contributed by atoms with Crippen molar-refractivity contribution < 1.29 is 4.74 Å². The number of rotatable bonds is 2. The zero-order valence-corrected chi connectivity index (χ0v) is 11.8. The Labute approximate surface area is 117 Å². The summed E-state index contributed by atoms with van der Waals surface area (Å²) in [6.07, 6.45) is 0. The Morgan fingerprint density at radius 2 is 1.94 bits per heavy atom. The lowest BCUT2D eigenvalue weighted by Gasteiger charge is -2.07. The molecule has 0 bridgehead atoms. The molecule has 2 rings (SSSR count). The molecular weight excluding hydrogens is 327 g/mol. The first-order valence-corrected chi connectivity index (χ1v) is 6.23. The molecule has 1 aromatic heterocycles. The van der Waals surface area contributed by atoms with E-state index in [0.29, 0.717) is 27.6 Å². The lowest BCUT2D eigenvalue weighted by molar-refractivity contribution is 0.460. The van der Waals surface area contributed by atoms with Crippen molar-refractivity contribution in [3.63, 3.8) is 0 Å². The molecule has 0 aliphatic carbocycles. The van der Waals surface area contributed by atoms with Gasteiger partial charge in [-0.3, -0.25) is 0 Å². The second-order valence-corrected chi connectivity index (χ2v) is 4.96. The van der Waals surface area contributed by atoms with Crippen molar-refractivity contribution in [2.45, 2.75) is 6.92 Å². The van der Waals surface area contributed by atoms with Gasteiger partial charge in [0.05, 0.1) is 5.02 Å². The van der Waals surface area contributed by atoms with Crippen LogP contribution < -0.4 is 4.74 Å². The standard InChI is InChI=1S/C11H7BrCl2N2O/c1-6-15-10(14)5-11(16-6)17-9-4-7(12)2-3-8(9)13/h2-5H,1H3. The summed E-state index contributed by atoms with van der Waals surface area (Å²) in [6.45, 7) is 1.74. The first-order chi connectivity index (χ1) is 8.04. The molecule has 0 aliphatic rings. The Morgan fingerprint density at radius 3 is 2.65 bits per heavy atom. The van der Waals surface area contributed by atoms with Crippen LogP contribution in [0.15, 0.2) is 28.7 Å². The second-order valence-electron chi connectivity index (χ2n) is 3.25. The van der Waals surface area contributed by atoms with Crippen molar-refractivity contribution in [3.05, 3.63) is 44.7 Å². The highest BCUT2D eigenvalue weighted by Crippen LogP contribution is 2.31. The number of aryl methyl sites for hydroxylation is 1. The van der Waals surface area contributed by atoms with Crippen LogP contribution in [-0.2, 0) is 0 Å². The van der Waals surface area contributed by atoms with E-state index >= 15 is 0 Å². The second kappa shape index (κ2) is 5.21. The van der Waals surface area contributed by atoms with Crippen molar-refractivity contribution in [2.24, 2.45) is 0 Å². The molecule has 6 heteroatoms. The van der Waals surface area contributed by atoms with Crippen LogP contribution in [0.25, 0.3) is 0 Å². The fourth-order valence-corrected chi connectivity index (χ4v) is 1.94. The van der Waals surface area contributed by atoms with E-state index in [1.807, 2.05) is 6.07 Å². The van der Waals surface area contributed by atoms with E-state index in [2.05, 4.69) is 25.9 Å². The predicted molar refractivity (Wildman–Crippen MR) is 71.0 cm³/mol. The van der Waals surface area contributed by atoms with Gasteiger partial charge in [-0.1, -0.05) is 39.1 Å². The number of benzene rings is 1. The molecule has 0 unspecified atom stereocenters. The van der Waals surface area contributed by atoms with Crippen LogP contribution >= 0.6 is 39.1 Å². The van der Waals surface area contributed by atoms with Crippen molar-refractivity contribution in [2.75, 3.05) is 0 Å². The number of ether oxygens (including phenoxy) is 1. The van der Waals surface area contributed by atoms with E-state index in [4.69, 9.17) is 27.9 Å². The molecule has 0 amide bonds. The van der Waals surface area contributed by atoms with Crippen LogP contribution in [-0.4, -0.2) is 9.97 Å². The number of hydrogen-bond acceptors (Lipinski definition) is 3. The molecule has 1 heterocycles. The van der Waals surface area contributed by atoms with Gasteiger partial charge in [0.15, 0.2) is 0 Å². The molecule has 0 fully saturated rings. The lowest BCUT2D eigenvalue weighted by atomic mass is 10.3. The summed E-state index contributed by atoms with van der Waals surface area (Å²) in [4.78, 5) is 8.06. The van der Waals surface area contributed by atoms with Gasteiger partial charge in [-0.05, 0) is 25.1 Å². The minimum absolute atomic E-state index is 0.332. The SMILES string of the molecule is Cc1nc(Cl)cc(Oc2cc(Br)ccc2Cl)n1. The molecule has 2 aromatic rings. The van der Waals surface area contributed by atoms with E-state index in [9.17, 15) is 0 Å². The molecule has 0 saturated carbocycles. The Bertz CT molecular complexity index is 543. The number of halogens is 3. The average Bonchev–Trinajstić information content (AvgIpc) is 2.22. The molecule has 0 aliphatic heterocycles. The van der Waals surface area contributed by atoms with Crippen LogP contribution in [0.4, 0.5) is 0 Å². The summed E-state index contributed by atoms with van der Waals surface area (Å²) >= 11 is 15.2. The molecule has 17 heavy (non-hydrogen) atoms. The highest BCUT2D eigenvalue weighted by molar-refractivity contribution is 9.10. The maximum Gasteiger partial charge on any atom is 0.224 e. The smallest absolute Gasteiger partial charge is 0.224 e. The van der Waals surface area contributed by atoms with Crippen molar-refractivity contribution >= 4 is 39.1 Å². The third kappa shape index (κ3) is 3.31. The average molecular weight is 334 g/mol. The number of aromatic nitrogens is 2. The minimum Gasteiger partial charge on any atom is -0.437 e. The summed E-state index contributed by atoms with van der Waals surface area (Å²) < 4.78 is 6.42. The van der Waals surface area contributed by atoms with Crippen LogP contribution in [0, 0.1) is 6.92 Å². The minimum atomic E-state index is 0.332. The zero-order valence-electron chi connectivity index (χ0n) is 8.75. The molecule has 0 saturated heterocycles. The summed E-state index contributed by atoms with van der Waals surface area (Å²) in [7, 11) is 0. The third-order valence-corrected chi connectivity index (χ3v) is 2.89. The molecule has 0 spiro atoms. The van der Waals surface area contributed by atoms with Crippen molar-refractivity contribution in [1.82, 2.24) is 9.97 Å². The Morgan fingerprint density at radius 1 is 1.18 bits per heavy atom. The molecule has 88 valence electrons. The van der Waals surface area contributed by atoms with Gasteiger partial charge < -0.3 is 4.74 Å².